The van der Waals surface area contributed by atoms with Gasteiger partial charge in [-0.1, -0.05) is 35.3 Å². The summed E-state index contributed by atoms with van der Waals surface area (Å²) < 4.78 is 0. The largest absolute Gasteiger partial charge is 0.324 e. The van der Waals surface area contributed by atoms with Crippen LogP contribution in [-0.4, -0.2) is 0 Å². The third-order valence-electron chi connectivity index (χ3n) is 1.78. The summed E-state index contributed by atoms with van der Waals surface area (Å²) in [4.78, 5) is 0. The lowest BCUT2D eigenvalue weighted by atomic mass is 10.1. The Morgan fingerprint density at radius 3 is 2.69 bits per heavy atom. The van der Waals surface area contributed by atoms with Crippen molar-refractivity contribution in [3.63, 3.8) is 0 Å². The number of hydrogen-bond acceptors (Lipinski definition) is 1. The summed E-state index contributed by atoms with van der Waals surface area (Å²) >= 11 is 11.7. The van der Waals surface area contributed by atoms with Crippen molar-refractivity contribution in [2.24, 2.45) is 5.73 Å². The second-order valence-corrected chi connectivity index (χ2v) is 3.64. The van der Waals surface area contributed by atoms with E-state index in [-0.39, 0.29) is 6.04 Å². The molecule has 1 nitrogen and oxygen atoms in total. The van der Waals surface area contributed by atoms with Gasteiger partial charge in [0, 0.05) is 16.1 Å². The first-order valence-electron chi connectivity index (χ1n) is 3.96. The summed E-state index contributed by atoms with van der Waals surface area (Å²) in [5.41, 5.74) is 6.77. The van der Waals surface area contributed by atoms with Gasteiger partial charge < -0.3 is 5.73 Å². The normalized spacial score (nSPS) is 12.5. The minimum Gasteiger partial charge on any atom is -0.324 e. The van der Waals surface area contributed by atoms with Crippen LogP contribution in [0.2, 0.25) is 10.0 Å². The molecule has 0 bridgehead atoms. The molecule has 0 saturated carbocycles. The number of rotatable bonds is 3. The molecule has 3 heteroatoms. The Morgan fingerprint density at radius 2 is 2.15 bits per heavy atom. The number of nitrogens with two attached hydrogens (primary N) is 1. The van der Waals surface area contributed by atoms with Gasteiger partial charge in [-0.15, -0.1) is 6.58 Å². The van der Waals surface area contributed by atoms with Crippen LogP contribution in [0.15, 0.2) is 30.9 Å². The van der Waals surface area contributed by atoms with E-state index in [4.69, 9.17) is 28.9 Å². The number of halogens is 2. The molecular weight excluding hydrogens is 205 g/mol. The summed E-state index contributed by atoms with van der Waals surface area (Å²) in [5.74, 6) is 0. The maximum atomic E-state index is 5.96. The van der Waals surface area contributed by atoms with Crippen LogP contribution in [0.4, 0.5) is 0 Å². The molecule has 0 spiro atoms. The average molecular weight is 216 g/mol. The van der Waals surface area contributed by atoms with Crippen LogP contribution in [0, 0.1) is 0 Å². The minimum absolute atomic E-state index is 0.0951. The van der Waals surface area contributed by atoms with Crippen LogP contribution in [0.1, 0.15) is 18.0 Å². The van der Waals surface area contributed by atoms with E-state index in [9.17, 15) is 0 Å². The highest BCUT2D eigenvalue weighted by molar-refractivity contribution is 6.35. The maximum absolute atomic E-state index is 5.96. The van der Waals surface area contributed by atoms with Gasteiger partial charge in [0.1, 0.15) is 0 Å². The van der Waals surface area contributed by atoms with E-state index in [0.29, 0.717) is 16.5 Å². The van der Waals surface area contributed by atoms with Crippen molar-refractivity contribution < 1.29 is 0 Å². The molecule has 0 fully saturated rings. The molecule has 0 aliphatic carbocycles. The molecule has 0 saturated heterocycles. The molecule has 1 unspecified atom stereocenters. The Balaban J connectivity index is 2.94. The standard InChI is InChI=1S/C10H11Cl2N/c1-2-3-10(13)8-5-4-7(11)6-9(8)12/h2,4-6,10H,1,3,13H2. The molecule has 0 aromatic heterocycles. The molecule has 1 aromatic rings. The Bertz CT molecular complexity index is 310. The van der Waals surface area contributed by atoms with Crippen LogP contribution >= 0.6 is 23.2 Å². The molecule has 0 radical (unpaired) electrons. The summed E-state index contributed by atoms with van der Waals surface area (Å²) in [6.07, 6.45) is 2.48. The molecule has 1 atom stereocenters. The summed E-state index contributed by atoms with van der Waals surface area (Å²) in [6, 6.07) is 5.23. The molecule has 0 amide bonds. The van der Waals surface area contributed by atoms with Crippen molar-refractivity contribution in [2.75, 3.05) is 0 Å². The molecule has 1 rings (SSSR count). The van der Waals surface area contributed by atoms with Gasteiger partial charge in [0.2, 0.25) is 0 Å². The second-order valence-electron chi connectivity index (χ2n) is 2.80. The first-order valence-corrected chi connectivity index (χ1v) is 4.72. The van der Waals surface area contributed by atoms with Crippen molar-refractivity contribution in [2.45, 2.75) is 12.5 Å². The predicted molar refractivity (Wildman–Crippen MR) is 58.2 cm³/mol. The topological polar surface area (TPSA) is 26.0 Å². The zero-order chi connectivity index (χ0) is 9.84. The molecule has 1 aromatic carbocycles. The van der Waals surface area contributed by atoms with Crippen molar-refractivity contribution in [3.8, 4) is 0 Å². The molecule has 70 valence electrons. The van der Waals surface area contributed by atoms with Crippen LogP contribution in [0.5, 0.6) is 0 Å². The fourth-order valence-electron chi connectivity index (χ4n) is 1.11. The van der Waals surface area contributed by atoms with E-state index < -0.39 is 0 Å². The van der Waals surface area contributed by atoms with Crippen molar-refractivity contribution in [1.29, 1.82) is 0 Å². The van der Waals surface area contributed by atoms with Gasteiger partial charge in [-0.05, 0) is 24.1 Å². The minimum atomic E-state index is -0.0951. The van der Waals surface area contributed by atoms with E-state index in [2.05, 4.69) is 6.58 Å². The van der Waals surface area contributed by atoms with Crippen LogP contribution in [-0.2, 0) is 0 Å². The Morgan fingerprint density at radius 1 is 1.46 bits per heavy atom. The summed E-state index contributed by atoms with van der Waals surface area (Å²) in [5, 5.41) is 1.24. The zero-order valence-corrected chi connectivity index (χ0v) is 8.65. The molecule has 0 aliphatic heterocycles. The molecule has 13 heavy (non-hydrogen) atoms. The Labute approximate surface area is 88.1 Å². The van der Waals surface area contributed by atoms with Crippen molar-refractivity contribution in [1.82, 2.24) is 0 Å². The van der Waals surface area contributed by atoms with E-state index in [1.54, 1.807) is 18.2 Å². The maximum Gasteiger partial charge on any atom is 0.0468 e. The van der Waals surface area contributed by atoms with Gasteiger partial charge in [0.15, 0.2) is 0 Å². The van der Waals surface area contributed by atoms with Gasteiger partial charge in [-0.25, -0.2) is 0 Å². The second kappa shape index (κ2) is 4.66. The SMILES string of the molecule is C=CCC(N)c1ccc(Cl)cc1Cl. The van der Waals surface area contributed by atoms with Gasteiger partial charge in [0.05, 0.1) is 0 Å². The Kier molecular flexibility index (Phi) is 3.79. The zero-order valence-electron chi connectivity index (χ0n) is 7.13. The first-order chi connectivity index (χ1) is 6.15. The average Bonchev–Trinajstić information content (AvgIpc) is 2.04. The van der Waals surface area contributed by atoms with E-state index >= 15 is 0 Å². The highest BCUT2D eigenvalue weighted by atomic mass is 35.5. The summed E-state index contributed by atoms with van der Waals surface area (Å²) in [6.45, 7) is 3.62. The highest BCUT2D eigenvalue weighted by Crippen LogP contribution is 2.26. The Hall–Kier alpha value is -0.500. The van der Waals surface area contributed by atoms with Crippen LogP contribution < -0.4 is 5.73 Å². The molecule has 0 heterocycles. The van der Waals surface area contributed by atoms with Gasteiger partial charge in [-0.2, -0.15) is 0 Å². The fraction of sp³-hybridized carbons (Fsp3) is 0.200. The highest BCUT2D eigenvalue weighted by Gasteiger charge is 2.08. The van der Waals surface area contributed by atoms with Crippen LogP contribution in [0.3, 0.4) is 0 Å². The van der Waals surface area contributed by atoms with Crippen molar-refractivity contribution >= 4 is 23.2 Å². The van der Waals surface area contributed by atoms with Crippen LogP contribution in [0.25, 0.3) is 0 Å². The van der Waals surface area contributed by atoms with Gasteiger partial charge >= 0.3 is 0 Å². The van der Waals surface area contributed by atoms with E-state index in [1.807, 2.05) is 6.07 Å². The molecular formula is C10H11Cl2N. The summed E-state index contributed by atoms with van der Waals surface area (Å²) in [7, 11) is 0. The first kappa shape index (κ1) is 10.6. The third-order valence-corrected chi connectivity index (χ3v) is 2.34. The lowest BCUT2D eigenvalue weighted by molar-refractivity contribution is 0.742. The number of hydrogen-bond donors (Lipinski definition) is 1. The van der Waals surface area contributed by atoms with E-state index in [0.717, 1.165) is 5.56 Å². The number of benzene rings is 1. The van der Waals surface area contributed by atoms with E-state index in [1.165, 1.54) is 0 Å². The molecule has 2 N–H and O–H groups in total. The van der Waals surface area contributed by atoms with Gasteiger partial charge in [0.25, 0.3) is 0 Å². The smallest absolute Gasteiger partial charge is 0.0468 e. The van der Waals surface area contributed by atoms with Gasteiger partial charge in [-0.3, -0.25) is 0 Å². The predicted octanol–water partition coefficient (Wildman–Crippen LogP) is 3.57. The lowest BCUT2D eigenvalue weighted by Crippen LogP contribution is -2.09. The molecule has 0 aliphatic rings. The quantitative estimate of drug-likeness (QED) is 0.768. The third kappa shape index (κ3) is 2.73. The monoisotopic (exact) mass is 215 g/mol. The fourth-order valence-corrected chi connectivity index (χ4v) is 1.66. The van der Waals surface area contributed by atoms with Crippen molar-refractivity contribution in [3.05, 3.63) is 46.5 Å². The lowest BCUT2D eigenvalue weighted by Gasteiger charge is -2.11.